The van der Waals surface area contributed by atoms with Crippen LogP contribution in [0, 0.1) is 5.82 Å². The van der Waals surface area contributed by atoms with E-state index in [1.54, 1.807) is 24.3 Å². The molecule has 0 aliphatic carbocycles. The van der Waals surface area contributed by atoms with Crippen molar-refractivity contribution in [1.29, 1.82) is 0 Å². The fourth-order valence-electron chi connectivity index (χ4n) is 3.60. The number of carbonyl (C=O) groups is 1. The largest absolute Gasteiger partial charge is 0.484 e. The van der Waals surface area contributed by atoms with Gasteiger partial charge in [-0.05, 0) is 36.2 Å². The summed E-state index contributed by atoms with van der Waals surface area (Å²) in [6, 6.07) is 15.0. The predicted molar refractivity (Wildman–Crippen MR) is 115 cm³/mol. The Morgan fingerprint density at radius 2 is 1.87 bits per heavy atom. The Labute approximate surface area is 179 Å². The zero-order valence-electron chi connectivity index (χ0n) is 16.1. The van der Waals surface area contributed by atoms with Crippen LogP contribution in [0.15, 0.2) is 59.6 Å². The third kappa shape index (κ3) is 5.02. The van der Waals surface area contributed by atoms with Crippen LogP contribution in [0.25, 0.3) is 0 Å². The molecule has 4 rings (SSSR count). The lowest BCUT2D eigenvalue weighted by atomic mass is 10.1. The summed E-state index contributed by atoms with van der Waals surface area (Å²) < 4.78 is 42.8. The molecule has 0 unspecified atom stereocenters. The van der Waals surface area contributed by atoms with Crippen LogP contribution in [-0.2, 0) is 21.1 Å². The van der Waals surface area contributed by atoms with Gasteiger partial charge in [-0.25, -0.2) is 12.8 Å². The van der Waals surface area contributed by atoms with Gasteiger partial charge in [0.1, 0.15) is 11.6 Å². The summed E-state index contributed by atoms with van der Waals surface area (Å²) in [6.45, 7) is 0.314. The van der Waals surface area contributed by atoms with Crippen LogP contribution < -0.4 is 4.74 Å². The Hall–Kier alpha value is -2.39. The minimum Gasteiger partial charge on any atom is -0.484 e. The second kappa shape index (κ2) is 8.77. The number of para-hydroxylation sites is 1. The first-order valence-corrected chi connectivity index (χ1v) is 12.3. The monoisotopic (exact) mass is 448 g/mol. The lowest BCUT2D eigenvalue weighted by Gasteiger charge is -2.24. The fourth-order valence-corrected chi connectivity index (χ4v) is 7.59. The number of rotatable bonds is 6. The highest BCUT2D eigenvalue weighted by Crippen LogP contribution is 2.38. The SMILES string of the molecule is O=C(COc1ccccc1)N=C1S[C@@H]2CS(=O)(=O)C[C@H]2N1CCc1ccc(F)cc1. The van der Waals surface area contributed by atoms with Gasteiger partial charge in [0.05, 0.1) is 17.5 Å². The molecule has 30 heavy (non-hydrogen) atoms. The summed E-state index contributed by atoms with van der Waals surface area (Å²) in [7, 11) is -3.10. The molecular formula is C21H21FN2O4S2. The van der Waals surface area contributed by atoms with Gasteiger partial charge in [-0.1, -0.05) is 42.1 Å². The maximum atomic E-state index is 13.1. The first-order valence-electron chi connectivity index (χ1n) is 9.57. The lowest BCUT2D eigenvalue weighted by Crippen LogP contribution is -2.39. The topological polar surface area (TPSA) is 76.0 Å². The third-order valence-electron chi connectivity index (χ3n) is 5.06. The summed E-state index contributed by atoms with van der Waals surface area (Å²) in [4.78, 5) is 18.5. The quantitative estimate of drug-likeness (QED) is 0.676. The number of amides is 1. The van der Waals surface area contributed by atoms with E-state index in [0.29, 0.717) is 23.9 Å². The third-order valence-corrected chi connectivity index (χ3v) is 8.30. The van der Waals surface area contributed by atoms with Crippen LogP contribution in [0.3, 0.4) is 0 Å². The summed E-state index contributed by atoms with van der Waals surface area (Å²) >= 11 is 1.34. The van der Waals surface area contributed by atoms with Crippen molar-refractivity contribution < 1.29 is 22.3 Å². The second-order valence-electron chi connectivity index (χ2n) is 7.26. The minimum absolute atomic E-state index is 0.0574. The normalized spacial score (nSPS) is 23.5. The average molecular weight is 449 g/mol. The van der Waals surface area contributed by atoms with Gasteiger partial charge in [-0.3, -0.25) is 4.79 Å². The van der Waals surface area contributed by atoms with E-state index in [1.165, 1.54) is 23.9 Å². The molecule has 2 aromatic rings. The van der Waals surface area contributed by atoms with Crippen molar-refractivity contribution >= 4 is 32.7 Å². The number of hydrogen-bond acceptors (Lipinski definition) is 5. The number of thioether (sulfide) groups is 1. The Morgan fingerprint density at radius 3 is 2.60 bits per heavy atom. The van der Waals surface area contributed by atoms with Gasteiger partial charge in [0.15, 0.2) is 21.6 Å². The van der Waals surface area contributed by atoms with Crippen molar-refractivity contribution in [3.8, 4) is 5.75 Å². The van der Waals surface area contributed by atoms with Crippen LogP contribution in [0.5, 0.6) is 5.75 Å². The van der Waals surface area contributed by atoms with Crippen molar-refractivity contribution in [1.82, 2.24) is 4.90 Å². The van der Waals surface area contributed by atoms with Crippen molar-refractivity contribution in [2.75, 3.05) is 24.7 Å². The van der Waals surface area contributed by atoms with Gasteiger partial charge in [-0.15, -0.1) is 0 Å². The summed E-state index contributed by atoms with van der Waals surface area (Å²) in [5, 5.41) is 0.397. The van der Waals surface area contributed by atoms with E-state index in [1.807, 2.05) is 23.1 Å². The minimum atomic E-state index is -3.10. The van der Waals surface area contributed by atoms with Crippen molar-refractivity contribution in [3.05, 3.63) is 66.0 Å². The van der Waals surface area contributed by atoms with E-state index in [2.05, 4.69) is 4.99 Å². The average Bonchev–Trinajstić information content (AvgIpc) is 3.18. The summed E-state index contributed by atoms with van der Waals surface area (Å²) in [5.41, 5.74) is 0.934. The molecule has 0 bridgehead atoms. The molecule has 2 atom stereocenters. The van der Waals surface area contributed by atoms with Crippen molar-refractivity contribution in [2.24, 2.45) is 4.99 Å². The van der Waals surface area contributed by atoms with Crippen LogP contribution in [0.1, 0.15) is 5.56 Å². The number of fused-ring (bicyclic) bond motifs is 1. The molecule has 2 heterocycles. The van der Waals surface area contributed by atoms with Crippen LogP contribution in [0.4, 0.5) is 4.39 Å². The molecule has 2 aliphatic rings. The zero-order chi connectivity index (χ0) is 21.1. The van der Waals surface area contributed by atoms with Gasteiger partial charge in [0, 0.05) is 11.8 Å². The number of nitrogens with zero attached hydrogens (tertiary/aromatic N) is 2. The van der Waals surface area contributed by atoms with Gasteiger partial charge in [0.2, 0.25) is 0 Å². The molecule has 1 amide bonds. The smallest absolute Gasteiger partial charge is 0.285 e. The number of aliphatic imine (C=N–C) groups is 1. The number of sulfone groups is 1. The number of carbonyl (C=O) groups excluding carboxylic acids is 1. The maximum Gasteiger partial charge on any atom is 0.285 e. The Bertz CT molecular complexity index is 1040. The first-order chi connectivity index (χ1) is 14.4. The van der Waals surface area contributed by atoms with Crippen molar-refractivity contribution in [2.45, 2.75) is 17.7 Å². The summed E-state index contributed by atoms with van der Waals surface area (Å²) in [6.07, 6.45) is 0.595. The standard InChI is InChI=1S/C21H21FN2O4S2/c22-16-8-6-15(7-9-16)10-11-24-18-13-30(26,27)14-19(18)29-21(24)23-20(25)12-28-17-4-2-1-3-5-17/h1-9,18-19H,10-14H2/t18-,19-/m1/s1. The van der Waals surface area contributed by atoms with Crippen LogP contribution in [-0.4, -0.2) is 60.3 Å². The zero-order valence-corrected chi connectivity index (χ0v) is 17.7. The Kier molecular flexibility index (Phi) is 6.10. The molecule has 0 aromatic heterocycles. The van der Waals surface area contributed by atoms with Gasteiger partial charge in [-0.2, -0.15) is 4.99 Å². The highest BCUT2D eigenvalue weighted by molar-refractivity contribution is 8.15. The Balaban J connectivity index is 1.46. The highest BCUT2D eigenvalue weighted by Gasteiger charge is 2.48. The number of amidine groups is 1. The van der Waals surface area contributed by atoms with Gasteiger partial charge < -0.3 is 9.64 Å². The molecule has 2 aromatic carbocycles. The van der Waals surface area contributed by atoms with E-state index in [4.69, 9.17) is 4.74 Å². The van der Waals surface area contributed by atoms with E-state index in [0.717, 1.165) is 5.56 Å². The highest BCUT2D eigenvalue weighted by atomic mass is 32.2. The molecule has 2 aliphatic heterocycles. The van der Waals surface area contributed by atoms with Gasteiger partial charge in [0.25, 0.3) is 5.91 Å². The predicted octanol–water partition coefficient (Wildman–Crippen LogP) is 2.54. The van der Waals surface area contributed by atoms with Crippen LogP contribution in [0.2, 0.25) is 0 Å². The molecule has 6 nitrogen and oxygen atoms in total. The first kappa shape index (κ1) is 20.9. The van der Waals surface area contributed by atoms with E-state index in [-0.39, 0.29) is 35.2 Å². The maximum absolute atomic E-state index is 13.1. The number of halogens is 1. The molecule has 0 radical (unpaired) electrons. The number of ether oxygens (including phenoxy) is 1. The summed E-state index contributed by atoms with van der Waals surface area (Å²) in [5.74, 6) is 0.00572. The molecule has 2 saturated heterocycles. The molecule has 0 saturated carbocycles. The van der Waals surface area contributed by atoms with E-state index in [9.17, 15) is 17.6 Å². The second-order valence-corrected chi connectivity index (χ2v) is 10.6. The fraction of sp³-hybridized carbons (Fsp3) is 0.333. The number of benzene rings is 2. The number of hydrogen-bond donors (Lipinski definition) is 0. The van der Waals surface area contributed by atoms with E-state index < -0.39 is 15.7 Å². The Morgan fingerprint density at radius 1 is 1.13 bits per heavy atom. The van der Waals surface area contributed by atoms with Crippen LogP contribution >= 0.6 is 11.8 Å². The lowest BCUT2D eigenvalue weighted by molar-refractivity contribution is -0.119. The molecule has 0 N–H and O–H groups in total. The molecular weight excluding hydrogens is 427 g/mol. The molecule has 9 heteroatoms. The molecule has 2 fully saturated rings. The molecule has 158 valence electrons. The molecule has 0 spiro atoms. The van der Waals surface area contributed by atoms with Gasteiger partial charge >= 0.3 is 0 Å². The van der Waals surface area contributed by atoms with Crippen molar-refractivity contribution in [3.63, 3.8) is 0 Å². The van der Waals surface area contributed by atoms with E-state index >= 15 is 0 Å².